The number of carbonyl (C=O) groups is 1. The molecule has 3 heteroatoms. The molecular weight excluding hydrogens is 298 g/mol. The van der Waals surface area contributed by atoms with Gasteiger partial charge in [0.1, 0.15) is 0 Å². The molecule has 0 spiro atoms. The molecule has 0 amide bonds. The van der Waals surface area contributed by atoms with Crippen molar-refractivity contribution < 1.29 is 9.53 Å². The van der Waals surface area contributed by atoms with Crippen LogP contribution in [0.3, 0.4) is 0 Å². The Balaban J connectivity index is 1.97. The summed E-state index contributed by atoms with van der Waals surface area (Å²) in [5.74, 6) is -0.346. The molecule has 1 aromatic heterocycles. The highest BCUT2D eigenvalue weighted by molar-refractivity contribution is 5.89. The second-order valence-corrected chi connectivity index (χ2v) is 5.99. The van der Waals surface area contributed by atoms with Crippen molar-refractivity contribution in [2.24, 2.45) is 0 Å². The molecule has 0 fully saturated rings. The Morgan fingerprint density at radius 1 is 1.12 bits per heavy atom. The first-order chi connectivity index (χ1) is 11.6. The van der Waals surface area contributed by atoms with E-state index in [1.807, 2.05) is 6.07 Å². The first-order valence-corrected chi connectivity index (χ1v) is 7.98. The molecule has 0 N–H and O–H groups in total. The van der Waals surface area contributed by atoms with Gasteiger partial charge in [-0.3, -0.25) is 0 Å². The lowest BCUT2D eigenvalue weighted by Gasteiger charge is -2.12. The lowest BCUT2D eigenvalue weighted by Crippen LogP contribution is -2.02. The lowest BCUT2D eigenvalue weighted by molar-refractivity contribution is -0.134. The Morgan fingerprint density at radius 2 is 1.88 bits per heavy atom. The van der Waals surface area contributed by atoms with Gasteiger partial charge in [0.25, 0.3) is 0 Å². The van der Waals surface area contributed by atoms with Crippen LogP contribution in [0.15, 0.2) is 54.7 Å². The summed E-state index contributed by atoms with van der Waals surface area (Å²) < 4.78 is 6.89. The second kappa shape index (κ2) is 6.75. The number of benzene rings is 2. The van der Waals surface area contributed by atoms with Gasteiger partial charge in [-0.25, -0.2) is 4.79 Å². The Kier molecular flexibility index (Phi) is 4.52. The summed E-state index contributed by atoms with van der Waals surface area (Å²) in [6.07, 6.45) is 5.34. The maximum atomic E-state index is 11.3. The molecule has 122 valence electrons. The minimum Gasteiger partial charge on any atom is -0.466 e. The van der Waals surface area contributed by atoms with E-state index in [0.29, 0.717) is 0 Å². The second-order valence-electron chi connectivity index (χ2n) is 5.99. The number of hydrogen-bond acceptors (Lipinski definition) is 2. The number of aromatic nitrogens is 1. The molecule has 0 saturated heterocycles. The molecule has 0 saturated carbocycles. The maximum absolute atomic E-state index is 11.3. The zero-order chi connectivity index (χ0) is 17.1. The zero-order valence-corrected chi connectivity index (χ0v) is 14.2. The SMILES string of the molecule is COC(=O)C=Cc1ccc2ccn(Cc3c(C)cccc3C)c2c1. The highest BCUT2D eigenvalue weighted by Gasteiger charge is 2.06. The molecule has 0 aliphatic heterocycles. The van der Waals surface area contributed by atoms with Gasteiger partial charge in [0, 0.05) is 24.3 Å². The van der Waals surface area contributed by atoms with Crippen LogP contribution >= 0.6 is 0 Å². The van der Waals surface area contributed by atoms with E-state index in [1.54, 1.807) is 6.08 Å². The summed E-state index contributed by atoms with van der Waals surface area (Å²) in [4.78, 5) is 11.3. The minimum absolute atomic E-state index is 0.346. The van der Waals surface area contributed by atoms with Crippen molar-refractivity contribution in [3.05, 3.63) is 77.0 Å². The van der Waals surface area contributed by atoms with Gasteiger partial charge in [0.15, 0.2) is 0 Å². The van der Waals surface area contributed by atoms with Crippen molar-refractivity contribution in [3.8, 4) is 0 Å². The van der Waals surface area contributed by atoms with E-state index in [9.17, 15) is 4.79 Å². The first-order valence-electron chi connectivity index (χ1n) is 7.98. The van der Waals surface area contributed by atoms with Crippen LogP contribution in [0, 0.1) is 13.8 Å². The number of carbonyl (C=O) groups excluding carboxylic acids is 1. The van der Waals surface area contributed by atoms with Crippen molar-refractivity contribution in [2.75, 3.05) is 7.11 Å². The van der Waals surface area contributed by atoms with Gasteiger partial charge < -0.3 is 9.30 Å². The number of aryl methyl sites for hydroxylation is 2. The Bertz CT molecular complexity index is 898. The lowest BCUT2D eigenvalue weighted by atomic mass is 10.0. The summed E-state index contributed by atoms with van der Waals surface area (Å²) in [6, 6.07) is 14.7. The predicted octanol–water partition coefficient (Wildman–Crippen LogP) is 4.49. The third kappa shape index (κ3) is 3.25. The van der Waals surface area contributed by atoms with E-state index in [1.165, 1.54) is 35.3 Å². The molecule has 0 radical (unpaired) electrons. The van der Waals surface area contributed by atoms with Crippen LogP contribution in [0.4, 0.5) is 0 Å². The highest BCUT2D eigenvalue weighted by Crippen LogP contribution is 2.22. The van der Waals surface area contributed by atoms with Gasteiger partial charge in [0.2, 0.25) is 0 Å². The fraction of sp³-hybridized carbons (Fsp3) is 0.190. The Morgan fingerprint density at radius 3 is 2.58 bits per heavy atom. The van der Waals surface area contributed by atoms with Crippen LogP contribution in [-0.2, 0) is 16.1 Å². The van der Waals surface area contributed by atoms with Crippen molar-refractivity contribution in [2.45, 2.75) is 20.4 Å². The smallest absolute Gasteiger partial charge is 0.330 e. The van der Waals surface area contributed by atoms with E-state index in [0.717, 1.165) is 17.6 Å². The van der Waals surface area contributed by atoms with Crippen LogP contribution in [0.2, 0.25) is 0 Å². The molecule has 3 rings (SSSR count). The quantitative estimate of drug-likeness (QED) is 0.524. The van der Waals surface area contributed by atoms with Crippen LogP contribution < -0.4 is 0 Å². The molecule has 3 nitrogen and oxygen atoms in total. The van der Waals surface area contributed by atoms with E-state index in [2.05, 4.69) is 65.7 Å². The summed E-state index contributed by atoms with van der Waals surface area (Å²) >= 11 is 0. The largest absolute Gasteiger partial charge is 0.466 e. The van der Waals surface area contributed by atoms with E-state index in [4.69, 9.17) is 0 Å². The monoisotopic (exact) mass is 319 g/mol. The fourth-order valence-electron chi connectivity index (χ4n) is 2.94. The van der Waals surface area contributed by atoms with Crippen molar-refractivity contribution in [1.82, 2.24) is 4.57 Å². The molecule has 1 heterocycles. The number of ether oxygens (including phenoxy) is 1. The molecule has 2 aromatic carbocycles. The van der Waals surface area contributed by atoms with Crippen molar-refractivity contribution >= 4 is 22.9 Å². The number of hydrogen-bond donors (Lipinski definition) is 0. The third-order valence-electron chi connectivity index (χ3n) is 4.38. The van der Waals surface area contributed by atoms with E-state index >= 15 is 0 Å². The summed E-state index contributed by atoms with van der Waals surface area (Å²) in [6.45, 7) is 5.14. The number of fused-ring (bicyclic) bond motifs is 1. The normalized spacial score (nSPS) is 11.3. The highest BCUT2D eigenvalue weighted by atomic mass is 16.5. The van der Waals surface area contributed by atoms with Gasteiger partial charge in [-0.1, -0.05) is 30.3 Å². The average molecular weight is 319 g/mol. The van der Waals surface area contributed by atoms with Gasteiger partial charge in [0.05, 0.1) is 7.11 Å². The van der Waals surface area contributed by atoms with E-state index in [-0.39, 0.29) is 5.97 Å². The molecule has 0 aliphatic rings. The van der Waals surface area contributed by atoms with Crippen LogP contribution in [0.1, 0.15) is 22.3 Å². The average Bonchev–Trinajstić information content (AvgIpc) is 2.98. The molecule has 0 atom stereocenters. The number of nitrogens with zero attached hydrogens (tertiary/aromatic N) is 1. The number of esters is 1. The molecule has 0 aliphatic carbocycles. The topological polar surface area (TPSA) is 31.2 Å². The number of methoxy groups -OCH3 is 1. The van der Waals surface area contributed by atoms with Gasteiger partial charge >= 0.3 is 5.97 Å². The Labute approximate surface area is 142 Å². The van der Waals surface area contributed by atoms with Crippen LogP contribution in [0.25, 0.3) is 17.0 Å². The summed E-state index contributed by atoms with van der Waals surface area (Å²) in [7, 11) is 1.38. The van der Waals surface area contributed by atoms with Crippen molar-refractivity contribution in [1.29, 1.82) is 0 Å². The van der Waals surface area contributed by atoms with Crippen LogP contribution in [-0.4, -0.2) is 17.6 Å². The fourth-order valence-corrected chi connectivity index (χ4v) is 2.94. The third-order valence-corrected chi connectivity index (χ3v) is 4.38. The first kappa shape index (κ1) is 16.1. The Hall–Kier alpha value is -2.81. The standard InChI is InChI=1S/C21H21NO2/c1-15-5-4-6-16(2)19(15)14-22-12-11-18-9-7-17(13-20(18)22)8-10-21(23)24-3/h4-13H,14H2,1-3H3. The van der Waals surface area contributed by atoms with E-state index < -0.39 is 0 Å². The predicted molar refractivity (Wildman–Crippen MR) is 98.0 cm³/mol. The zero-order valence-electron chi connectivity index (χ0n) is 14.2. The molecule has 3 aromatic rings. The number of rotatable bonds is 4. The molecule has 0 unspecified atom stereocenters. The maximum Gasteiger partial charge on any atom is 0.330 e. The van der Waals surface area contributed by atoms with Gasteiger partial charge in [-0.2, -0.15) is 0 Å². The van der Waals surface area contributed by atoms with Crippen LogP contribution in [0.5, 0.6) is 0 Å². The van der Waals surface area contributed by atoms with Gasteiger partial charge in [-0.05, 0) is 59.7 Å². The van der Waals surface area contributed by atoms with Crippen molar-refractivity contribution in [3.63, 3.8) is 0 Å². The molecular formula is C21H21NO2. The van der Waals surface area contributed by atoms with Gasteiger partial charge in [-0.15, -0.1) is 0 Å². The minimum atomic E-state index is -0.346. The molecule has 24 heavy (non-hydrogen) atoms. The molecule has 0 bridgehead atoms. The summed E-state index contributed by atoms with van der Waals surface area (Å²) in [5.41, 5.74) is 6.10. The summed E-state index contributed by atoms with van der Waals surface area (Å²) in [5, 5.41) is 1.19.